The summed E-state index contributed by atoms with van der Waals surface area (Å²) in [6.45, 7) is 2.82. The van der Waals surface area contributed by atoms with E-state index in [9.17, 15) is 4.79 Å². The van der Waals surface area contributed by atoms with Gasteiger partial charge in [-0.05, 0) is 42.7 Å². The van der Waals surface area contributed by atoms with E-state index in [4.69, 9.17) is 15.5 Å². The Hall–Kier alpha value is -3.13. The van der Waals surface area contributed by atoms with E-state index in [1.54, 1.807) is 42.8 Å². The van der Waals surface area contributed by atoms with Gasteiger partial charge in [0.25, 0.3) is 5.56 Å². The van der Waals surface area contributed by atoms with Crippen LogP contribution < -0.4 is 16.0 Å². The van der Waals surface area contributed by atoms with E-state index in [-0.39, 0.29) is 5.56 Å². The van der Waals surface area contributed by atoms with Crippen molar-refractivity contribution in [1.82, 2.24) is 14.5 Å². The minimum Gasteiger partial charge on any atom is -0.493 e. The molecule has 0 saturated heterocycles. The maximum atomic E-state index is 12.8. The normalized spacial score (nSPS) is 14.4. The molecule has 2 N–H and O–H groups in total. The number of aromatic nitrogens is 3. The third-order valence-electron chi connectivity index (χ3n) is 5.35. The first kappa shape index (κ1) is 22.1. The van der Waals surface area contributed by atoms with Gasteiger partial charge >= 0.3 is 0 Å². The highest BCUT2D eigenvalue weighted by Gasteiger charge is 2.23. The Bertz CT molecular complexity index is 1260. The summed E-state index contributed by atoms with van der Waals surface area (Å²) in [5.41, 5.74) is 8.50. The van der Waals surface area contributed by atoms with Gasteiger partial charge in [0.15, 0.2) is 5.82 Å². The molecule has 7 nitrogen and oxygen atoms in total. The molecule has 1 fully saturated rings. The molecule has 8 heteroatoms. The maximum absolute atomic E-state index is 12.8. The summed E-state index contributed by atoms with van der Waals surface area (Å²) in [6, 6.07) is 6.21. The Morgan fingerprint density at radius 2 is 2.19 bits per heavy atom. The van der Waals surface area contributed by atoms with Crippen LogP contribution in [-0.4, -0.2) is 40.2 Å². The van der Waals surface area contributed by atoms with Crippen LogP contribution in [0, 0.1) is 5.92 Å². The van der Waals surface area contributed by atoms with E-state index in [0.717, 1.165) is 27.5 Å². The third-order valence-corrected chi connectivity index (χ3v) is 6.22. The number of pyridine rings is 1. The Labute approximate surface area is 191 Å². The second kappa shape index (κ2) is 9.56. The molecule has 0 atom stereocenters. The molecule has 2 aromatic heterocycles. The fourth-order valence-corrected chi connectivity index (χ4v) is 4.19. The van der Waals surface area contributed by atoms with Crippen LogP contribution in [0.4, 0.5) is 0 Å². The zero-order chi connectivity index (χ0) is 22.7. The van der Waals surface area contributed by atoms with Gasteiger partial charge in [0.2, 0.25) is 0 Å². The summed E-state index contributed by atoms with van der Waals surface area (Å²) in [5, 5.41) is 0.445. The lowest BCUT2D eigenvalue weighted by molar-refractivity contribution is 0.301. The second-order valence-electron chi connectivity index (χ2n) is 7.77. The van der Waals surface area contributed by atoms with Crippen molar-refractivity contribution in [1.29, 1.82) is 0 Å². The van der Waals surface area contributed by atoms with Gasteiger partial charge in [0.1, 0.15) is 5.75 Å². The summed E-state index contributed by atoms with van der Waals surface area (Å²) in [6.07, 6.45) is 8.83. The molecule has 1 aliphatic rings. The average molecular weight is 450 g/mol. The van der Waals surface area contributed by atoms with Crippen LogP contribution in [0.15, 0.2) is 51.5 Å². The van der Waals surface area contributed by atoms with Crippen LogP contribution >= 0.6 is 11.8 Å². The maximum Gasteiger partial charge on any atom is 0.261 e. The van der Waals surface area contributed by atoms with Crippen molar-refractivity contribution in [2.45, 2.75) is 24.7 Å². The predicted octanol–water partition coefficient (Wildman–Crippen LogP) is 3.90. The monoisotopic (exact) mass is 449 g/mol. The van der Waals surface area contributed by atoms with Gasteiger partial charge in [-0.1, -0.05) is 6.92 Å². The zero-order valence-corrected chi connectivity index (χ0v) is 19.4. The number of aliphatic imine (C=N–C) groups is 1. The molecule has 1 aromatic carbocycles. The van der Waals surface area contributed by atoms with E-state index >= 15 is 0 Å². The number of allylic oxidation sites excluding steroid dienone is 1. The van der Waals surface area contributed by atoms with Crippen LogP contribution in [-0.2, 0) is 7.05 Å². The minimum atomic E-state index is -0.155. The number of rotatable bonds is 8. The number of nitrogens with zero attached hydrogens (tertiary/aromatic N) is 4. The molecule has 166 valence electrons. The number of hydrogen-bond acceptors (Lipinski definition) is 7. The van der Waals surface area contributed by atoms with Crippen LogP contribution in [0.5, 0.6) is 5.75 Å². The first-order valence-corrected chi connectivity index (χ1v) is 11.6. The van der Waals surface area contributed by atoms with Crippen molar-refractivity contribution in [3.63, 3.8) is 0 Å². The van der Waals surface area contributed by atoms with Crippen molar-refractivity contribution in [3.8, 4) is 16.9 Å². The minimum absolute atomic E-state index is 0.155. The topological polar surface area (TPSA) is 95.4 Å². The average Bonchev–Trinajstić information content (AvgIpc) is 3.63. The number of hydrogen-bond donors (Lipinski definition) is 1. The molecule has 0 radical (unpaired) electrons. The predicted molar refractivity (Wildman–Crippen MR) is 131 cm³/mol. The number of thioether (sulfide) groups is 1. The first-order chi connectivity index (χ1) is 15.5. The van der Waals surface area contributed by atoms with Crippen LogP contribution in [0.1, 0.15) is 25.6 Å². The standard InChI is InChI=1S/C24H27N5O2S/c1-4-32-17-7-8-21(31-14-15-5-6-15)18(9-17)20-13-29(3)24(30)19-12-27-23(28-22(19)20)16(10-25)11-26-2/h7-13,15H,4-6,14,25H2,1-3H3. The number of aryl methyl sites for hydroxylation is 1. The van der Waals surface area contributed by atoms with Gasteiger partial charge in [-0.3, -0.25) is 9.79 Å². The molecule has 0 bridgehead atoms. The Morgan fingerprint density at radius 1 is 1.38 bits per heavy atom. The summed E-state index contributed by atoms with van der Waals surface area (Å²) >= 11 is 1.76. The molecule has 3 aromatic rings. The lowest BCUT2D eigenvalue weighted by Crippen LogP contribution is -2.18. The lowest BCUT2D eigenvalue weighted by Gasteiger charge is -2.16. The van der Waals surface area contributed by atoms with Crippen LogP contribution in [0.3, 0.4) is 0 Å². The summed E-state index contributed by atoms with van der Waals surface area (Å²) < 4.78 is 7.78. The Kier molecular flexibility index (Phi) is 6.60. The van der Waals surface area contributed by atoms with Crippen molar-refractivity contribution < 1.29 is 4.74 Å². The van der Waals surface area contributed by atoms with E-state index in [1.165, 1.54) is 19.0 Å². The lowest BCUT2D eigenvalue weighted by atomic mass is 10.0. The van der Waals surface area contributed by atoms with E-state index in [2.05, 4.69) is 29.0 Å². The fraction of sp³-hybridized carbons (Fsp3) is 0.333. The first-order valence-electron chi connectivity index (χ1n) is 10.7. The highest BCUT2D eigenvalue weighted by Crippen LogP contribution is 2.38. The van der Waals surface area contributed by atoms with Crippen molar-refractivity contribution in [2.75, 3.05) is 19.4 Å². The number of ether oxygens (including phenoxy) is 1. The molecule has 2 heterocycles. The molecule has 0 spiro atoms. The summed E-state index contributed by atoms with van der Waals surface area (Å²) in [5.74, 6) is 2.80. The molecule has 1 saturated carbocycles. The highest BCUT2D eigenvalue weighted by atomic mass is 32.2. The van der Waals surface area contributed by atoms with Gasteiger partial charge in [0.05, 0.1) is 23.1 Å². The van der Waals surface area contributed by atoms with Crippen LogP contribution in [0.2, 0.25) is 0 Å². The Balaban J connectivity index is 1.94. The molecule has 0 aliphatic heterocycles. The van der Waals surface area contributed by atoms with Crippen molar-refractivity contribution in [2.24, 2.45) is 23.7 Å². The van der Waals surface area contributed by atoms with E-state index < -0.39 is 0 Å². The summed E-state index contributed by atoms with van der Waals surface area (Å²) in [7, 11) is 3.40. The quantitative estimate of drug-likeness (QED) is 0.414. The zero-order valence-electron chi connectivity index (χ0n) is 18.5. The molecule has 0 amide bonds. The molecule has 0 unspecified atom stereocenters. The molecule has 1 aliphatic carbocycles. The van der Waals surface area contributed by atoms with Gasteiger partial charge in [-0.25, -0.2) is 9.97 Å². The highest BCUT2D eigenvalue weighted by molar-refractivity contribution is 7.99. The molecule has 4 rings (SSSR count). The van der Waals surface area contributed by atoms with Gasteiger partial charge in [0, 0.05) is 54.9 Å². The smallest absolute Gasteiger partial charge is 0.261 e. The van der Waals surface area contributed by atoms with Crippen molar-refractivity contribution >= 4 is 34.5 Å². The number of nitrogens with two attached hydrogens (primary N) is 1. The van der Waals surface area contributed by atoms with Gasteiger partial charge in [-0.2, -0.15) is 0 Å². The number of benzene rings is 1. The van der Waals surface area contributed by atoms with Gasteiger partial charge < -0.3 is 15.0 Å². The third kappa shape index (κ3) is 4.55. The molecule has 32 heavy (non-hydrogen) atoms. The van der Waals surface area contributed by atoms with E-state index in [1.807, 2.05) is 12.3 Å². The second-order valence-corrected chi connectivity index (χ2v) is 9.11. The molecular formula is C24H27N5O2S. The SMILES string of the molecule is CCSc1ccc(OCC2CC2)c(-c2cn(C)c(=O)c3cnc(C(C=NC)=CN)nc23)c1. The number of fused-ring (bicyclic) bond motifs is 1. The molecular weight excluding hydrogens is 422 g/mol. The van der Waals surface area contributed by atoms with Crippen molar-refractivity contribution in [3.05, 3.63) is 53.0 Å². The summed E-state index contributed by atoms with van der Waals surface area (Å²) in [4.78, 5) is 27.1. The largest absolute Gasteiger partial charge is 0.493 e. The van der Waals surface area contributed by atoms with E-state index in [0.29, 0.717) is 34.8 Å². The fourth-order valence-electron chi connectivity index (χ4n) is 3.49. The van der Waals surface area contributed by atoms with Crippen LogP contribution in [0.25, 0.3) is 27.6 Å². The Morgan fingerprint density at radius 3 is 2.88 bits per heavy atom. The van der Waals surface area contributed by atoms with Gasteiger partial charge in [-0.15, -0.1) is 11.8 Å².